The Kier molecular flexibility index (Phi) is 4.30. The van der Waals surface area contributed by atoms with Crippen molar-refractivity contribution in [2.75, 3.05) is 33.2 Å². The van der Waals surface area contributed by atoms with Gasteiger partial charge < -0.3 is 14.7 Å². The topological polar surface area (TPSA) is 54.2 Å². The van der Waals surface area contributed by atoms with Crippen molar-refractivity contribution < 1.29 is 4.52 Å². The number of piperidine rings is 1. The molecule has 1 saturated heterocycles. The lowest BCUT2D eigenvalue weighted by molar-refractivity contribution is 0.206. The van der Waals surface area contributed by atoms with Crippen LogP contribution >= 0.6 is 0 Å². The molecule has 90 valence electrons. The molecule has 1 N–H and O–H groups in total. The van der Waals surface area contributed by atoms with Gasteiger partial charge in [-0.1, -0.05) is 5.16 Å². The van der Waals surface area contributed by atoms with E-state index in [-0.39, 0.29) is 0 Å². The molecule has 0 spiro atoms. The first-order valence-corrected chi connectivity index (χ1v) is 5.99. The van der Waals surface area contributed by atoms with Crippen molar-refractivity contribution in [1.29, 1.82) is 0 Å². The van der Waals surface area contributed by atoms with E-state index < -0.39 is 0 Å². The monoisotopic (exact) mass is 224 g/mol. The minimum Gasteiger partial charge on any atom is -0.340 e. The fourth-order valence-electron chi connectivity index (χ4n) is 2.25. The molecule has 2 heterocycles. The molecule has 0 radical (unpaired) electrons. The number of hydrogen-bond donors (Lipinski definition) is 1. The van der Waals surface area contributed by atoms with Crippen LogP contribution in [-0.2, 0) is 6.42 Å². The predicted molar refractivity (Wildman–Crippen MR) is 61.1 cm³/mol. The number of likely N-dealkylation sites (tertiary alicyclic amines) is 1. The predicted octanol–water partition coefficient (Wildman–Crippen LogP) is 0.543. The second kappa shape index (κ2) is 5.96. The van der Waals surface area contributed by atoms with Crippen molar-refractivity contribution in [3.63, 3.8) is 0 Å². The summed E-state index contributed by atoms with van der Waals surface area (Å²) in [5.74, 6) is 1.51. The van der Waals surface area contributed by atoms with Gasteiger partial charge in [0.1, 0.15) is 0 Å². The average molecular weight is 224 g/mol. The molecule has 0 bridgehead atoms. The largest absolute Gasteiger partial charge is 0.340 e. The Morgan fingerprint density at radius 2 is 2.56 bits per heavy atom. The van der Waals surface area contributed by atoms with Crippen LogP contribution in [0.1, 0.15) is 18.7 Å². The van der Waals surface area contributed by atoms with Crippen molar-refractivity contribution in [3.05, 3.63) is 12.2 Å². The van der Waals surface area contributed by atoms with Crippen molar-refractivity contribution in [2.24, 2.45) is 5.92 Å². The SMILES string of the molecule is CN1CCCC(CNCCc2ncno2)C1. The maximum atomic E-state index is 4.93. The third-order valence-electron chi connectivity index (χ3n) is 3.08. The van der Waals surface area contributed by atoms with E-state index >= 15 is 0 Å². The molecule has 0 aromatic carbocycles. The number of hydrogen-bond acceptors (Lipinski definition) is 5. The minimum atomic E-state index is 0.716. The highest BCUT2D eigenvalue weighted by Gasteiger charge is 2.16. The van der Waals surface area contributed by atoms with Gasteiger partial charge in [-0.3, -0.25) is 0 Å². The zero-order valence-corrected chi connectivity index (χ0v) is 9.85. The van der Waals surface area contributed by atoms with E-state index in [0.717, 1.165) is 25.4 Å². The molecule has 5 heteroatoms. The van der Waals surface area contributed by atoms with Gasteiger partial charge in [-0.2, -0.15) is 4.98 Å². The Bertz CT molecular complexity index is 288. The molecule has 1 fully saturated rings. The van der Waals surface area contributed by atoms with E-state index in [0.29, 0.717) is 5.89 Å². The minimum absolute atomic E-state index is 0.716. The molecule has 1 aliphatic heterocycles. The Balaban J connectivity index is 1.57. The highest BCUT2D eigenvalue weighted by Crippen LogP contribution is 2.13. The molecule has 0 aliphatic carbocycles. The first-order valence-electron chi connectivity index (χ1n) is 5.99. The van der Waals surface area contributed by atoms with E-state index in [9.17, 15) is 0 Å². The van der Waals surface area contributed by atoms with E-state index in [4.69, 9.17) is 4.52 Å². The van der Waals surface area contributed by atoms with Crippen LogP contribution in [-0.4, -0.2) is 48.3 Å². The molecule has 2 rings (SSSR count). The second-order valence-corrected chi connectivity index (χ2v) is 4.56. The van der Waals surface area contributed by atoms with Crippen molar-refractivity contribution in [1.82, 2.24) is 20.4 Å². The van der Waals surface area contributed by atoms with Crippen molar-refractivity contribution in [2.45, 2.75) is 19.3 Å². The summed E-state index contributed by atoms with van der Waals surface area (Å²) >= 11 is 0. The molecule has 1 aromatic rings. The lowest BCUT2D eigenvalue weighted by atomic mass is 9.98. The molecule has 0 saturated carbocycles. The molecular weight excluding hydrogens is 204 g/mol. The van der Waals surface area contributed by atoms with Gasteiger partial charge >= 0.3 is 0 Å². The standard InChI is InChI=1S/C11H20N4O/c1-15-6-2-3-10(8-15)7-12-5-4-11-13-9-14-16-11/h9-10,12H,2-8H2,1H3. The summed E-state index contributed by atoms with van der Waals surface area (Å²) in [5.41, 5.74) is 0. The van der Waals surface area contributed by atoms with Crippen LogP contribution in [0.3, 0.4) is 0 Å². The molecule has 0 amide bonds. The fraction of sp³-hybridized carbons (Fsp3) is 0.818. The van der Waals surface area contributed by atoms with Crippen molar-refractivity contribution in [3.8, 4) is 0 Å². The van der Waals surface area contributed by atoms with Crippen LogP contribution in [0.4, 0.5) is 0 Å². The van der Waals surface area contributed by atoms with Crippen LogP contribution < -0.4 is 5.32 Å². The summed E-state index contributed by atoms with van der Waals surface area (Å²) in [6.45, 7) is 4.48. The zero-order valence-electron chi connectivity index (χ0n) is 9.85. The van der Waals surface area contributed by atoms with Crippen LogP contribution in [0.5, 0.6) is 0 Å². The van der Waals surface area contributed by atoms with E-state index in [2.05, 4.69) is 27.4 Å². The highest BCUT2D eigenvalue weighted by atomic mass is 16.5. The Hall–Kier alpha value is -0.940. The highest BCUT2D eigenvalue weighted by molar-refractivity contribution is 4.77. The number of nitrogens with zero attached hydrogens (tertiary/aromatic N) is 3. The first kappa shape index (κ1) is 11.5. The van der Waals surface area contributed by atoms with Gasteiger partial charge in [-0.05, 0) is 38.9 Å². The summed E-state index contributed by atoms with van der Waals surface area (Å²) in [6, 6.07) is 0. The molecular formula is C11H20N4O. The summed E-state index contributed by atoms with van der Waals surface area (Å²) in [4.78, 5) is 6.40. The summed E-state index contributed by atoms with van der Waals surface area (Å²) in [7, 11) is 2.20. The maximum Gasteiger partial charge on any atom is 0.227 e. The van der Waals surface area contributed by atoms with Gasteiger partial charge in [0.15, 0.2) is 6.33 Å². The quantitative estimate of drug-likeness (QED) is 0.740. The first-order chi connectivity index (χ1) is 7.84. The van der Waals surface area contributed by atoms with E-state index in [1.54, 1.807) is 0 Å². The molecule has 1 aromatic heterocycles. The normalized spacial score (nSPS) is 22.4. The third-order valence-corrected chi connectivity index (χ3v) is 3.08. The van der Waals surface area contributed by atoms with Crippen LogP contribution in [0.15, 0.2) is 10.9 Å². The Labute approximate surface area is 96.2 Å². The van der Waals surface area contributed by atoms with Crippen LogP contribution in [0, 0.1) is 5.92 Å². The van der Waals surface area contributed by atoms with Crippen molar-refractivity contribution >= 4 is 0 Å². The molecule has 1 aliphatic rings. The number of rotatable bonds is 5. The Morgan fingerprint density at radius 1 is 1.62 bits per heavy atom. The maximum absolute atomic E-state index is 4.93. The third kappa shape index (κ3) is 3.57. The second-order valence-electron chi connectivity index (χ2n) is 4.56. The number of aromatic nitrogens is 2. The Morgan fingerprint density at radius 3 is 3.31 bits per heavy atom. The zero-order chi connectivity index (χ0) is 11.2. The van der Waals surface area contributed by atoms with E-state index in [1.165, 1.54) is 32.3 Å². The summed E-state index contributed by atoms with van der Waals surface area (Å²) < 4.78 is 4.93. The molecule has 1 unspecified atom stereocenters. The summed E-state index contributed by atoms with van der Waals surface area (Å²) in [5, 5.41) is 7.04. The fourth-order valence-corrected chi connectivity index (χ4v) is 2.25. The number of nitrogens with one attached hydrogen (secondary N) is 1. The lowest BCUT2D eigenvalue weighted by Crippen LogP contribution is -2.37. The van der Waals surface area contributed by atoms with Gasteiger partial charge in [-0.25, -0.2) is 0 Å². The lowest BCUT2D eigenvalue weighted by Gasteiger charge is -2.29. The molecule has 5 nitrogen and oxygen atoms in total. The van der Waals surface area contributed by atoms with Gasteiger partial charge in [0, 0.05) is 19.5 Å². The van der Waals surface area contributed by atoms with Crippen LogP contribution in [0.2, 0.25) is 0 Å². The average Bonchev–Trinajstić information content (AvgIpc) is 2.77. The smallest absolute Gasteiger partial charge is 0.227 e. The molecule has 1 atom stereocenters. The van der Waals surface area contributed by atoms with Crippen LogP contribution in [0.25, 0.3) is 0 Å². The summed E-state index contributed by atoms with van der Waals surface area (Å²) in [6.07, 6.45) is 4.94. The van der Waals surface area contributed by atoms with Gasteiger partial charge in [0.2, 0.25) is 5.89 Å². The van der Waals surface area contributed by atoms with Gasteiger partial charge in [-0.15, -0.1) is 0 Å². The molecule has 16 heavy (non-hydrogen) atoms. The van der Waals surface area contributed by atoms with Gasteiger partial charge in [0.25, 0.3) is 0 Å². The van der Waals surface area contributed by atoms with E-state index in [1.807, 2.05) is 0 Å². The van der Waals surface area contributed by atoms with Gasteiger partial charge in [0.05, 0.1) is 0 Å².